The lowest BCUT2D eigenvalue weighted by Crippen LogP contribution is -1.97. The third kappa shape index (κ3) is 4.73. The molecular weight excluding hydrogens is 627 g/mol. The fourth-order valence-electron chi connectivity index (χ4n) is 7.28. The highest BCUT2D eigenvalue weighted by Gasteiger charge is 2.18. The van der Waals surface area contributed by atoms with E-state index in [0.717, 1.165) is 39.3 Å². The van der Waals surface area contributed by atoms with Crippen LogP contribution in [0.25, 0.3) is 92.7 Å². The normalized spacial score (nSPS) is 11.6. The van der Waals surface area contributed by atoms with Gasteiger partial charge in [0.05, 0.1) is 22.4 Å². The SMILES string of the molecule is c1ccc(-c2ccc(-c3cc(-c4cccc5sc6ccccc6c45)nc(-c4ccc5c(c4)c4ccccc4n5-c4ccccc4)n3)cc2)cc1. The van der Waals surface area contributed by atoms with Gasteiger partial charge in [0, 0.05) is 53.3 Å². The van der Waals surface area contributed by atoms with E-state index in [9.17, 15) is 0 Å². The first-order chi connectivity index (χ1) is 24.8. The van der Waals surface area contributed by atoms with Crippen LogP contribution in [0.15, 0.2) is 176 Å². The average Bonchev–Trinajstić information content (AvgIpc) is 3.74. The number of hydrogen-bond donors (Lipinski definition) is 0. The van der Waals surface area contributed by atoms with Crippen molar-refractivity contribution in [2.75, 3.05) is 0 Å². The molecule has 3 nitrogen and oxygen atoms in total. The topological polar surface area (TPSA) is 30.7 Å². The quantitative estimate of drug-likeness (QED) is 0.185. The Labute approximate surface area is 293 Å². The number of fused-ring (bicyclic) bond motifs is 6. The van der Waals surface area contributed by atoms with Gasteiger partial charge >= 0.3 is 0 Å². The van der Waals surface area contributed by atoms with Gasteiger partial charge < -0.3 is 4.57 Å². The molecule has 10 aromatic rings. The zero-order valence-electron chi connectivity index (χ0n) is 27.0. The maximum atomic E-state index is 5.34. The van der Waals surface area contributed by atoms with Crippen molar-refractivity contribution in [2.45, 2.75) is 0 Å². The van der Waals surface area contributed by atoms with Crippen molar-refractivity contribution < 1.29 is 0 Å². The van der Waals surface area contributed by atoms with Crippen LogP contribution in [-0.4, -0.2) is 14.5 Å². The Morgan fingerprint density at radius 1 is 0.400 bits per heavy atom. The number of hydrogen-bond acceptors (Lipinski definition) is 3. The standard InChI is InChI=1S/C46H29N3S/c1-3-12-30(13-4-1)31-22-24-32(25-23-31)39-29-40(36-18-11-21-44-45(36)37-17-8-10-20-43(37)50-44)48-46(47-39)33-26-27-42-38(28-33)35-16-7-9-19-41(35)49(42)34-14-5-2-6-15-34/h1-29H. The Morgan fingerprint density at radius 2 is 1.02 bits per heavy atom. The summed E-state index contributed by atoms with van der Waals surface area (Å²) < 4.78 is 4.88. The molecule has 10 rings (SSSR count). The molecule has 234 valence electrons. The van der Waals surface area contributed by atoms with E-state index in [1.54, 1.807) is 0 Å². The number of benzene rings is 7. The highest BCUT2D eigenvalue weighted by atomic mass is 32.1. The summed E-state index contributed by atoms with van der Waals surface area (Å²) in [5.41, 5.74) is 10.8. The number of rotatable bonds is 5. The third-order valence-electron chi connectivity index (χ3n) is 9.64. The van der Waals surface area contributed by atoms with E-state index < -0.39 is 0 Å². The van der Waals surface area contributed by atoms with Crippen LogP contribution in [0.1, 0.15) is 0 Å². The summed E-state index contributed by atoms with van der Waals surface area (Å²) in [6.45, 7) is 0. The smallest absolute Gasteiger partial charge is 0.160 e. The van der Waals surface area contributed by atoms with Gasteiger partial charge in [0.15, 0.2) is 5.82 Å². The molecule has 0 saturated heterocycles. The molecular formula is C46H29N3S. The lowest BCUT2D eigenvalue weighted by molar-refractivity contribution is 1.17. The molecule has 0 fully saturated rings. The van der Waals surface area contributed by atoms with Crippen LogP contribution in [-0.2, 0) is 0 Å². The molecule has 0 saturated carbocycles. The first-order valence-electron chi connectivity index (χ1n) is 16.8. The highest BCUT2D eigenvalue weighted by Crippen LogP contribution is 2.41. The number of aromatic nitrogens is 3. The molecule has 50 heavy (non-hydrogen) atoms. The minimum atomic E-state index is 0.708. The maximum Gasteiger partial charge on any atom is 0.160 e. The molecule has 0 aliphatic carbocycles. The van der Waals surface area contributed by atoms with Crippen LogP contribution < -0.4 is 0 Å². The number of para-hydroxylation sites is 2. The van der Waals surface area contributed by atoms with Crippen LogP contribution in [0.5, 0.6) is 0 Å². The fraction of sp³-hybridized carbons (Fsp3) is 0. The minimum Gasteiger partial charge on any atom is -0.309 e. The van der Waals surface area contributed by atoms with Gasteiger partial charge in [-0.1, -0.05) is 121 Å². The van der Waals surface area contributed by atoms with E-state index in [4.69, 9.17) is 9.97 Å². The third-order valence-corrected chi connectivity index (χ3v) is 10.8. The molecule has 7 aromatic carbocycles. The van der Waals surface area contributed by atoms with Crippen molar-refractivity contribution >= 4 is 53.3 Å². The second-order valence-electron chi connectivity index (χ2n) is 12.6. The Balaban J connectivity index is 1.19. The maximum absolute atomic E-state index is 5.34. The molecule has 0 amide bonds. The summed E-state index contributed by atoms with van der Waals surface area (Å²) in [6.07, 6.45) is 0. The minimum absolute atomic E-state index is 0.708. The first kappa shape index (κ1) is 28.6. The average molecular weight is 656 g/mol. The summed E-state index contributed by atoms with van der Waals surface area (Å²) in [5, 5.41) is 4.88. The van der Waals surface area contributed by atoms with Crippen LogP contribution in [0.4, 0.5) is 0 Å². The Morgan fingerprint density at radius 3 is 1.86 bits per heavy atom. The Bertz CT molecular complexity index is 2850. The number of thiophene rings is 1. The van der Waals surface area contributed by atoms with Gasteiger partial charge in [-0.25, -0.2) is 9.97 Å². The zero-order valence-corrected chi connectivity index (χ0v) is 27.8. The summed E-state index contributed by atoms with van der Waals surface area (Å²) >= 11 is 1.83. The Hall–Kier alpha value is -6.36. The van der Waals surface area contributed by atoms with Gasteiger partial charge in [0.25, 0.3) is 0 Å². The molecule has 0 atom stereocenters. The monoisotopic (exact) mass is 655 g/mol. The van der Waals surface area contributed by atoms with E-state index in [-0.39, 0.29) is 0 Å². The van der Waals surface area contributed by atoms with E-state index in [1.165, 1.54) is 47.6 Å². The summed E-state index contributed by atoms with van der Waals surface area (Å²) in [5.74, 6) is 0.708. The molecule has 4 heteroatoms. The van der Waals surface area contributed by atoms with Crippen molar-refractivity contribution in [1.82, 2.24) is 14.5 Å². The van der Waals surface area contributed by atoms with Crippen molar-refractivity contribution in [1.29, 1.82) is 0 Å². The fourth-order valence-corrected chi connectivity index (χ4v) is 8.41. The predicted octanol–water partition coefficient (Wildman–Crippen LogP) is 12.6. The molecule has 0 spiro atoms. The summed E-state index contributed by atoms with van der Waals surface area (Å²) in [6, 6.07) is 62.4. The van der Waals surface area contributed by atoms with Crippen LogP contribution in [0, 0.1) is 0 Å². The first-order valence-corrected chi connectivity index (χ1v) is 17.6. The van der Waals surface area contributed by atoms with Crippen LogP contribution in [0.3, 0.4) is 0 Å². The van der Waals surface area contributed by atoms with Gasteiger partial charge in [0.2, 0.25) is 0 Å². The molecule has 0 radical (unpaired) electrons. The Kier molecular flexibility index (Phi) is 6.68. The van der Waals surface area contributed by atoms with Gasteiger partial charge in [-0.05, 0) is 65.7 Å². The second-order valence-corrected chi connectivity index (χ2v) is 13.7. The van der Waals surface area contributed by atoms with Crippen molar-refractivity contribution in [2.24, 2.45) is 0 Å². The second kappa shape index (κ2) is 11.7. The van der Waals surface area contributed by atoms with Crippen LogP contribution >= 0.6 is 11.3 Å². The molecule has 0 bridgehead atoms. The summed E-state index contributed by atoms with van der Waals surface area (Å²) in [7, 11) is 0. The summed E-state index contributed by atoms with van der Waals surface area (Å²) in [4.78, 5) is 10.6. The van der Waals surface area contributed by atoms with Gasteiger partial charge in [0.1, 0.15) is 0 Å². The largest absolute Gasteiger partial charge is 0.309 e. The molecule has 3 aromatic heterocycles. The molecule has 0 N–H and O–H groups in total. The van der Waals surface area contributed by atoms with Gasteiger partial charge in [-0.3, -0.25) is 0 Å². The van der Waals surface area contributed by atoms with Gasteiger partial charge in [-0.2, -0.15) is 0 Å². The predicted molar refractivity (Wildman–Crippen MR) is 211 cm³/mol. The van der Waals surface area contributed by atoms with Crippen LogP contribution in [0.2, 0.25) is 0 Å². The highest BCUT2D eigenvalue weighted by molar-refractivity contribution is 7.25. The molecule has 0 aliphatic heterocycles. The van der Waals surface area contributed by atoms with E-state index in [2.05, 4.69) is 180 Å². The van der Waals surface area contributed by atoms with Crippen molar-refractivity contribution in [3.05, 3.63) is 176 Å². The lowest BCUT2D eigenvalue weighted by Gasteiger charge is -2.12. The molecule has 0 aliphatic rings. The number of nitrogens with zero attached hydrogens (tertiary/aromatic N) is 3. The molecule has 3 heterocycles. The lowest BCUT2D eigenvalue weighted by atomic mass is 10.00. The van der Waals surface area contributed by atoms with Gasteiger partial charge in [-0.15, -0.1) is 11.3 Å². The van der Waals surface area contributed by atoms with Crippen molar-refractivity contribution in [3.63, 3.8) is 0 Å². The van der Waals surface area contributed by atoms with E-state index in [0.29, 0.717) is 5.82 Å². The zero-order chi connectivity index (χ0) is 33.0. The molecule has 0 unspecified atom stereocenters. The van der Waals surface area contributed by atoms with E-state index >= 15 is 0 Å². The van der Waals surface area contributed by atoms with E-state index in [1.807, 2.05) is 11.3 Å². The van der Waals surface area contributed by atoms with Crippen molar-refractivity contribution in [3.8, 4) is 50.7 Å².